The quantitative estimate of drug-likeness (QED) is 0.497. The molecule has 3 fully saturated rings. The fourth-order valence-electron chi connectivity index (χ4n) is 6.03. The van der Waals surface area contributed by atoms with Gasteiger partial charge in [-0.15, -0.1) is 12.3 Å². The average Bonchev–Trinajstić information content (AvgIpc) is 3.04. The number of amides is 1. The van der Waals surface area contributed by atoms with E-state index < -0.39 is 10.0 Å². The molecule has 26 heavy (non-hydrogen) atoms. The molecule has 0 aromatic carbocycles. The lowest BCUT2D eigenvalue weighted by atomic mass is 9.69. The fourth-order valence-corrected chi connectivity index (χ4v) is 8.63. The number of rotatable bonds is 7. The van der Waals surface area contributed by atoms with Crippen molar-refractivity contribution in [3.05, 3.63) is 0 Å². The summed E-state index contributed by atoms with van der Waals surface area (Å²) < 4.78 is 27.4. The minimum Gasteiger partial charge on any atom is -0.273 e. The van der Waals surface area contributed by atoms with Gasteiger partial charge >= 0.3 is 0 Å². The second-order valence-corrected chi connectivity index (χ2v) is 11.1. The van der Waals surface area contributed by atoms with Gasteiger partial charge in [0, 0.05) is 11.8 Å². The minimum absolute atomic E-state index is 0.0114. The summed E-state index contributed by atoms with van der Waals surface area (Å²) in [5, 5.41) is 0. The Labute approximate surface area is 159 Å². The molecule has 1 heterocycles. The predicted octanol–water partition coefficient (Wildman–Crippen LogP) is 3.96. The molecule has 146 valence electrons. The van der Waals surface area contributed by atoms with Gasteiger partial charge in [0.15, 0.2) is 0 Å². The van der Waals surface area contributed by atoms with Crippen molar-refractivity contribution in [1.29, 1.82) is 0 Å². The monoisotopic (exact) mass is 379 g/mol. The van der Waals surface area contributed by atoms with Crippen molar-refractivity contribution in [2.45, 2.75) is 84.6 Å². The van der Waals surface area contributed by atoms with Crippen LogP contribution in [0.25, 0.3) is 0 Å². The Morgan fingerprint density at radius 3 is 2.65 bits per heavy atom. The molecular formula is C21H33NO3S. The smallest absolute Gasteiger partial charge is 0.240 e. The fraction of sp³-hybridized carbons (Fsp3) is 0.857. The van der Waals surface area contributed by atoms with Crippen LogP contribution < -0.4 is 0 Å². The zero-order valence-corrected chi connectivity index (χ0v) is 17.3. The molecule has 4 nitrogen and oxygen atoms in total. The lowest BCUT2D eigenvalue weighted by molar-refractivity contribution is -0.133. The summed E-state index contributed by atoms with van der Waals surface area (Å²) in [4.78, 5) is 13.3. The van der Waals surface area contributed by atoms with Gasteiger partial charge in [-0.3, -0.25) is 4.79 Å². The Morgan fingerprint density at radius 1 is 1.31 bits per heavy atom. The van der Waals surface area contributed by atoms with E-state index in [1.165, 1.54) is 4.31 Å². The van der Waals surface area contributed by atoms with Crippen molar-refractivity contribution < 1.29 is 13.2 Å². The maximum atomic E-state index is 13.3. The van der Waals surface area contributed by atoms with Crippen LogP contribution in [0.15, 0.2) is 0 Å². The second kappa shape index (κ2) is 6.86. The van der Waals surface area contributed by atoms with E-state index in [0.29, 0.717) is 18.8 Å². The molecule has 3 aliphatic rings. The number of sulfonamides is 1. The molecule has 5 heteroatoms. The molecule has 0 radical (unpaired) electrons. The van der Waals surface area contributed by atoms with Crippen LogP contribution >= 0.6 is 0 Å². The van der Waals surface area contributed by atoms with Crippen LogP contribution in [0.5, 0.6) is 0 Å². The van der Waals surface area contributed by atoms with Crippen LogP contribution in [0.1, 0.15) is 78.6 Å². The summed E-state index contributed by atoms with van der Waals surface area (Å²) in [5.74, 6) is 2.68. The van der Waals surface area contributed by atoms with Gasteiger partial charge in [-0.1, -0.05) is 46.5 Å². The summed E-state index contributed by atoms with van der Waals surface area (Å²) in [5.41, 5.74) is -0.266. The lowest BCUT2D eigenvalue weighted by Crippen LogP contribution is -2.46. The Morgan fingerprint density at radius 2 is 2.04 bits per heavy atom. The summed E-state index contributed by atoms with van der Waals surface area (Å²) in [6, 6.07) is -0.148. The van der Waals surface area contributed by atoms with Crippen molar-refractivity contribution in [2.75, 3.05) is 5.75 Å². The van der Waals surface area contributed by atoms with Crippen LogP contribution in [0.4, 0.5) is 0 Å². The van der Waals surface area contributed by atoms with E-state index in [1.54, 1.807) is 0 Å². The highest BCUT2D eigenvalue weighted by Crippen LogP contribution is 2.70. The molecule has 1 aliphatic heterocycles. The van der Waals surface area contributed by atoms with Crippen molar-refractivity contribution in [2.24, 2.45) is 22.7 Å². The van der Waals surface area contributed by atoms with Gasteiger partial charge < -0.3 is 0 Å². The molecule has 2 saturated carbocycles. The number of hydrogen-bond donors (Lipinski definition) is 0. The van der Waals surface area contributed by atoms with Crippen LogP contribution in [0.3, 0.4) is 0 Å². The third-order valence-electron chi connectivity index (χ3n) is 7.75. The molecular weight excluding hydrogens is 346 g/mol. The molecule has 3 unspecified atom stereocenters. The van der Waals surface area contributed by atoms with E-state index in [4.69, 9.17) is 6.42 Å². The minimum atomic E-state index is -3.54. The number of fused-ring (bicyclic) bond motifs is 1. The zero-order chi connectivity index (χ0) is 19.2. The molecule has 4 atom stereocenters. The van der Waals surface area contributed by atoms with Gasteiger partial charge in [0.2, 0.25) is 15.9 Å². The molecule has 1 amide bonds. The molecule has 2 bridgehead atoms. The molecule has 0 aromatic rings. The van der Waals surface area contributed by atoms with Crippen LogP contribution in [0.2, 0.25) is 0 Å². The molecule has 0 N–H and O–H groups in total. The van der Waals surface area contributed by atoms with E-state index in [1.807, 2.05) is 0 Å². The first-order valence-corrected chi connectivity index (χ1v) is 11.8. The molecule has 2 aliphatic carbocycles. The van der Waals surface area contributed by atoms with Crippen molar-refractivity contribution in [3.63, 3.8) is 0 Å². The predicted molar refractivity (Wildman–Crippen MR) is 104 cm³/mol. The van der Waals surface area contributed by atoms with Gasteiger partial charge in [-0.25, -0.2) is 12.7 Å². The number of nitrogens with zero attached hydrogens (tertiary/aromatic N) is 1. The number of hydrogen-bond acceptors (Lipinski definition) is 3. The molecule has 0 aromatic heterocycles. The highest BCUT2D eigenvalue weighted by molar-refractivity contribution is 7.90. The number of terminal acetylenes is 1. The van der Waals surface area contributed by atoms with Gasteiger partial charge in [-0.2, -0.15) is 0 Å². The van der Waals surface area contributed by atoms with Crippen molar-refractivity contribution in [1.82, 2.24) is 4.31 Å². The highest BCUT2D eigenvalue weighted by atomic mass is 32.2. The topological polar surface area (TPSA) is 54.5 Å². The lowest BCUT2D eigenvalue weighted by Gasteiger charge is -2.37. The summed E-state index contributed by atoms with van der Waals surface area (Å²) in [7, 11) is -3.54. The van der Waals surface area contributed by atoms with E-state index >= 15 is 0 Å². The Hall–Kier alpha value is -1.02. The maximum absolute atomic E-state index is 13.3. The van der Waals surface area contributed by atoms with Crippen LogP contribution in [-0.4, -0.2) is 30.4 Å². The van der Waals surface area contributed by atoms with E-state index in [9.17, 15) is 13.2 Å². The van der Waals surface area contributed by atoms with Crippen molar-refractivity contribution >= 4 is 15.9 Å². The van der Waals surface area contributed by atoms with Gasteiger partial charge in [0.05, 0.1) is 17.7 Å². The third-order valence-corrected chi connectivity index (χ3v) is 9.66. The first kappa shape index (κ1) is 19.7. The van der Waals surface area contributed by atoms with Crippen molar-refractivity contribution in [3.8, 4) is 12.3 Å². The first-order valence-electron chi connectivity index (χ1n) is 10.2. The molecule has 1 saturated heterocycles. The van der Waals surface area contributed by atoms with Gasteiger partial charge in [0.25, 0.3) is 0 Å². The highest BCUT2D eigenvalue weighted by Gasteiger charge is 2.72. The number of carbonyl (C=O) groups excluding carboxylic acids is 1. The van der Waals surface area contributed by atoms with E-state index in [2.05, 4.69) is 26.7 Å². The van der Waals surface area contributed by atoms with Gasteiger partial charge in [-0.05, 0) is 37.0 Å². The Kier molecular flexibility index (Phi) is 5.20. The molecule has 1 spiro atoms. The summed E-state index contributed by atoms with van der Waals surface area (Å²) >= 11 is 0. The average molecular weight is 380 g/mol. The van der Waals surface area contributed by atoms with Gasteiger partial charge in [0.1, 0.15) is 0 Å². The Balaban J connectivity index is 1.83. The SMILES string of the molecule is C#CC[C@H](CCCCCC)C(=O)N1C2CC3CCC2(CS1(=O)=O)C3(C)C. The summed E-state index contributed by atoms with van der Waals surface area (Å²) in [6.07, 6.45) is 13.7. The van der Waals surface area contributed by atoms with Crippen LogP contribution in [0, 0.1) is 35.0 Å². The normalized spacial score (nSPS) is 34.5. The summed E-state index contributed by atoms with van der Waals surface area (Å²) in [6.45, 7) is 6.56. The zero-order valence-electron chi connectivity index (χ0n) is 16.5. The van der Waals surface area contributed by atoms with Crippen LogP contribution in [-0.2, 0) is 14.8 Å². The largest absolute Gasteiger partial charge is 0.273 e. The molecule has 3 rings (SSSR count). The third kappa shape index (κ3) is 2.80. The number of unbranched alkanes of at least 4 members (excludes halogenated alkanes) is 3. The standard InChI is InChI=1S/C21H33NO3S/c1-5-7-8-9-11-16(10-6-2)19(23)22-18-14-17-12-13-21(18,20(17,3)4)15-26(22,24)25/h2,16-18H,5,7-15H2,1,3-4H3/t16-,17?,18?,21?/m1/s1. The maximum Gasteiger partial charge on any atom is 0.240 e. The van der Waals surface area contributed by atoms with E-state index in [0.717, 1.165) is 44.9 Å². The second-order valence-electron chi connectivity index (χ2n) is 9.21. The van der Waals surface area contributed by atoms with E-state index in [-0.39, 0.29) is 34.4 Å². The number of carbonyl (C=O) groups is 1. The first-order chi connectivity index (χ1) is 12.2. The Bertz CT molecular complexity index is 705.